The quantitative estimate of drug-likeness (QED) is 0.346. The molecule has 4 rings (SSSR count). The molecule has 1 aromatic heterocycles. The van der Waals surface area contributed by atoms with Gasteiger partial charge in [-0.3, -0.25) is 0 Å². The van der Waals surface area contributed by atoms with E-state index < -0.39 is 5.97 Å². The number of carbonyl (C=O) groups excluding carboxylic acids is 1. The molecule has 7 heteroatoms. The third-order valence-corrected chi connectivity index (χ3v) is 4.63. The van der Waals surface area contributed by atoms with Crippen LogP contribution in [-0.2, 0) is 4.79 Å². The maximum Gasteiger partial charge on any atom is 1.00 e. The number of ether oxygens (including phenoxy) is 1. The summed E-state index contributed by atoms with van der Waals surface area (Å²) < 4.78 is 5.71. The van der Waals surface area contributed by atoms with Crippen LogP contribution in [0.1, 0.15) is 12.8 Å². The number of aromatic hydroxyl groups is 1. The molecule has 0 unspecified atom stereocenters. The third kappa shape index (κ3) is 5.82. The van der Waals surface area contributed by atoms with Crippen molar-refractivity contribution in [3.05, 3.63) is 72.8 Å². The molecule has 0 bridgehead atoms. The Balaban J connectivity index is 0.00000272. The van der Waals surface area contributed by atoms with Crippen molar-refractivity contribution in [3.63, 3.8) is 0 Å². The van der Waals surface area contributed by atoms with Crippen molar-refractivity contribution >= 4 is 16.7 Å². The molecule has 150 valence electrons. The minimum Gasteiger partial charge on any atom is -0.550 e. The fraction of sp³-hybridized carbons (Fsp3) is 0.125. The first kappa shape index (κ1) is 22.7. The van der Waals surface area contributed by atoms with Gasteiger partial charge in [0.05, 0.1) is 12.3 Å². The molecule has 0 aliphatic rings. The first-order valence-corrected chi connectivity index (χ1v) is 9.59. The van der Waals surface area contributed by atoms with E-state index >= 15 is 0 Å². The average molecular weight is 422 g/mol. The number of nitrogens with zero attached hydrogens (tertiary/aromatic N) is 2. The van der Waals surface area contributed by atoms with Gasteiger partial charge < -0.3 is 19.7 Å². The number of rotatable bonds is 7. The standard InChI is InChI=1S/C24H20N2O4.Na/c27-20-11-10-17-13-19(9-8-18(17)14-20)24-25-21(16-5-2-1-3-6-16)15-22(26-24)30-12-4-7-23(28)29;/h1-3,5-6,8-11,13-15,27H,4,7,12H2,(H,28,29);/q;+1/p-1. The summed E-state index contributed by atoms with van der Waals surface area (Å²) in [4.78, 5) is 19.8. The monoisotopic (exact) mass is 422 g/mol. The Hall–Kier alpha value is -2.93. The molecule has 1 heterocycles. The zero-order chi connectivity index (χ0) is 20.9. The molecule has 31 heavy (non-hydrogen) atoms. The molecule has 0 aliphatic carbocycles. The van der Waals surface area contributed by atoms with E-state index in [0.29, 0.717) is 23.8 Å². The van der Waals surface area contributed by atoms with E-state index in [4.69, 9.17) is 9.72 Å². The van der Waals surface area contributed by atoms with Crippen LogP contribution in [0.4, 0.5) is 0 Å². The first-order chi connectivity index (χ1) is 14.6. The van der Waals surface area contributed by atoms with Gasteiger partial charge in [0.1, 0.15) is 5.75 Å². The summed E-state index contributed by atoms with van der Waals surface area (Å²) in [5.74, 6) is -0.0109. The van der Waals surface area contributed by atoms with Crippen molar-refractivity contribution in [3.8, 4) is 34.3 Å². The van der Waals surface area contributed by atoms with Gasteiger partial charge in [0.2, 0.25) is 5.88 Å². The van der Waals surface area contributed by atoms with Crippen LogP contribution >= 0.6 is 0 Å². The van der Waals surface area contributed by atoms with Crippen LogP contribution in [0.25, 0.3) is 33.4 Å². The van der Waals surface area contributed by atoms with Gasteiger partial charge in [-0.15, -0.1) is 0 Å². The molecular weight excluding hydrogens is 403 g/mol. The van der Waals surface area contributed by atoms with Crippen LogP contribution in [0.2, 0.25) is 0 Å². The Labute approximate surface area is 201 Å². The molecule has 0 fully saturated rings. The topological polar surface area (TPSA) is 95.4 Å². The number of fused-ring (bicyclic) bond motifs is 1. The Kier molecular flexibility index (Phi) is 7.63. The molecule has 0 saturated heterocycles. The van der Waals surface area contributed by atoms with Gasteiger partial charge in [-0.05, 0) is 41.8 Å². The molecule has 6 nitrogen and oxygen atoms in total. The summed E-state index contributed by atoms with van der Waals surface area (Å²) in [7, 11) is 0. The van der Waals surface area contributed by atoms with Gasteiger partial charge in [-0.25, -0.2) is 4.98 Å². The molecule has 1 N–H and O–H groups in total. The van der Waals surface area contributed by atoms with Crippen molar-refractivity contribution in [1.29, 1.82) is 0 Å². The molecule has 0 saturated carbocycles. The van der Waals surface area contributed by atoms with E-state index in [1.807, 2.05) is 54.6 Å². The Morgan fingerprint density at radius 2 is 1.65 bits per heavy atom. The normalized spacial score (nSPS) is 10.5. The van der Waals surface area contributed by atoms with Gasteiger partial charge in [0.25, 0.3) is 0 Å². The second-order valence-corrected chi connectivity index (χ2v) is 6.85. The second kappa shape index (κ2) is 10.4. The Morgan fingerprint density at radius 1 is 0.903 bits per heavy atom. The van der Waals surface area contributed by atoms with E-state index in [0.717, 1.165) is 21.9 Å². The van der Waals surface area contributed by atoms with Crippen molar-refractivity contribution in [2.24, 2.45) is 0 Å². The number of aromatic nitrogens is 2. The predicted molar refractivity (Wildman–Crippen MR) is 112 cm³/mol. The largest absolute Gasteiger partial charge is 1.00 e. The van der Waals surface area contributed by atoms with Crippen molar-refractivity contribution in [1.82, 2.24) is 9.97 Å². The fourth-order valence-corrected chi connectivity index (χ4v) is 3.15. The zero-order valence-electron chi connectivity index (χ0n) is 17.1. The summed E-state index contributed by atoms with van der Waals surface area (Å²) >= 11 is 0. The number of benzene rings is 3. The fourth-order valence-electron chi connectivity index (χ4n) is 3.15. The SMILES string of the molecule is O=C([O-])CCCOc1cc(-c2ccccc2)nc(-c2ccc3cc(O)ccc3c2)n1.[Na+]. The first-order valence-electron chi connectivity index (χ1n) is 9.59. The van der Waals surface area contributed by atoms with E-state index in [1.165, 1.54) is 0 Å². The molecule has 0 radical (unpaired) electrons. The number of carbonyl (C=O) groups is 1. The van der Waals surface area contributed by atoms with Gasteiger partial charge >= 0.3 is 29.6 Å². The molecule has 0 amide bonds. The number of carboxylic acid groups (broad SMARTS) is 1. The summed E-state index contributed by atoms with van der Waals surface area (Å²) in [5.41, 5.74) is 2.44. The molecular formula is C24H19N2NaO4. The second-order valence-electron chi connectivity index (χ2n) is 6.85. The zero-order valence-corrected chi connectivity index (χ0v) is 19.1. The summed E-state index contributed by atoms with van der Waals surface area (Å²) in [6.07, 6.45) is 0.267. The molecule has 0 spiro atoms. The maximum absolute atomic E-state index is 10.6. The Morgan fingerprint density at radius 3 is 2.42 bits per heavy atom. The molecule has 3 aromatic carbocycles. The minimum atomic E-state index is -1.10. The number of hydrogen-bond donors (Lipinski definition) is 1. The van der Waals surface area contributed by atoms with Crippen LogP contribution < -0.4 is 39.4 Å². The predicted octanol–water partition coefficient (Wildman–Crippen LogP) is 0.582. The van der Waals surface area contributed by atoms with Crippen molar-refractivity contribution < 1.29 is 49.3 Å². The number of hydrogen-bond acceptors (Lipinski definition) is 6. The maximum atomic E-state index is 10.6. The summed E-state index contributed by atoms with van der Waals surface area (Å²) in [5, 5.41) is 22.1. The van der Waals surface area contributed by atoms with Crippen molar-refractivity contribution in [2.45, 2.75) is 12.8 Å². The van der Waals surface area contributed by atoms with E-state index in [9.17, 15) is 15.0 Å². The van der Waals surface area contributed by atoms with Crippen LogP contribution in [0.15, 0.2) is 72.8 Å². The number of phenols is 1. The summed E-state index contributed by atoms with van der Waals surface area (Å²) in [6, 6.07) is 22.4. The van der Waals surface area contributed by atoms with Gasteiger partial charge in [0, 0.05) is 23.2 Å². The van der Waals surface area contributed by atoms with Gasteiger partial charge in [0.15, 0.2) is 5.82 Å². The number of carboxylic acids is 1. The van der Waals surface area contributed by atoms with Crippen LogP contribution in [0.3, 0.4) is 0 Å². The minimum absolute atomic E-state index is 0. The van der Waals surface area contributed by atoms with E-state index in [2.05, 4.69) is 4.98 Å². The molecule has 4 aromatic rings. The Bertz CT molecular complexity index is 1200. The number of phenolic OH excluding ortho intramolecular Hbond substituents is 1. The smallest absolute Gasteiger partial charge is 0.550 e. The van der Waals surface area contributed by atoms with Crippen LogP contribution in [0, 0.1) is 0 Å². The van der Waals surface area contributed by atoms with Crippen LogP contribution in [-0.4, -0.2) is 27.7 Å². The van der Waals surface area contributed by atoms with Crippen LogP contribution in [0.5, 0.6) is 11.6 Å². The molecule has 0 atom stereocenters. The average Bonchev–Trinajstić information content (AvgIpc) is 2.76. The summed E-state index contributed by atoms with van der Waals surface area (Å²) in [6.45, 7) is 0.218. The third-order valence-electron chi connectivity index (χ3n) is 4.63. The number of aliphatic carboxylic acids is 1. The van der Waals surface area contributed by atoms with Gasteiger partial charge in [-0.2, -0.15) is 4.98 Å². The molecule has 0 aliphatic heterocycles. The van der Waals surface area contributed by atoms with E-state index in [-0.39, 0.29) is 48.3 Å². The van der Waals surface area contributed by atoms with Crippen molar-refractivity contribution in [2.75, 3.05) is 6.61 Å². The van der Waals surface area contributed by atoms with E-state index in [1.54, 1.807) is 18.2 Å². The van der Waals surface area contributed by atoms with Gasteiger partial charge in [-0.1, -0.05) is 48.5 Å².